The molecule has 8 nitrogen and oxygen atoms in total. The Bertz CT molecular complexity index is 383. The largest absolute Gasteiger partial charge is 0.389 e. The number of nitrogens with zero attached hydrogens (tertiary/aromatic N) is 1. The summed E-state index contributed by atoms with van der Waals surface area (Å²) in [6, 6.07) is 1.98. The highest BCUT2D eigenvalue weighted by Gasteiger charge is 2.16. The first-order chi connectivity index (χ1) is 14.0. The Morgan fingerprint density at radius 1 is 1.00 bits per heavy atom. The molecule has 0 rings (SSSR count). The highest BCUT2D eigenvalue weighted by molar-refractivity contribution is 6.40. The van der Waals surface area contributed by atoms with E-state index in [4.69, 9.17) is 14.2 Å². The molecule has 10 heteroatoms. The minimum Gasteiger partial charge on any atom is -0.389 e. The quantitative estimate of drug-likeness (QED) is 0.146. The Morgan fingerprint density at radius 3 is 2.17 bits per heavy atom. The van der Waals surface area contributed by atoms with Crippen molar-refractivity contribution in [1.82, 2.24) is 10.2 Å². The van der Waals surface area contributed by atoms with Crippen LogP contribution in [0.3, 0.4) is 0 Å². The Morgan fingerprint density at radius 2 is 1.62 bits per heavy atom. The zero-order chi connectivity index (χ0) is 21.7. The Balaban J connectivity index is 4.22. The van der Waals surface area contributed by atoms with Gasteiger partial charge < -0.3 is 34.2 Å². The molecule has 0 heterocycles. The molecule has 0 saturated heterocycles. The summed E-state index contributed by atoms with van der Waals surface area (Å²) in [6.07, 6.45) is 1.57. The van der Waals surface area contributed by atoms with E-state index in [1.54, 1.807) is 13.7 Å². The molecule has 0 fully saturated rings. The van der Waals surface area contributed by atoms with Crippen LogP contribution in [0, 0.1) is 0 Å². The van der Waals surface area contributed by atoms with Crippen molar-refractivity contribution in [2.45, 2.75) is 50.1 Å². The summed E-state index contributed by atoms with van der Waals surface area (Å²) >= 11 is 0. The predicted octanol–water partition coefficient (Wildman–Crippen LogP) is -0.715. The highest BCUT2D eigenvalue weighted by Crippen LogP contribution is 1.99. The fourth-order valence-electron chi connectivity index (χ4n) is 2.77. The Hall–Kier alpha value is -0.0462. The molecule has 0 bridgehead atoms. The van der Waals surface area contributed by atoms with Crippen LogP contribution in [0.5, 0.6) is 0 Å². The van der Waals surface area contributed by atoms with E-state index in [9.17, 15) is 14.7 Å². The van der Waals surface area contributed by atoms with Crippen LogP contribution in [0.1, 0.15) is 19.3 Å². The average molecular weight is 453 g/mol. The topological polar surface area (TPSA) is 100 Å². The predicted molar refractivity (Wildman–Crippen MR) is 121 cm³/mol. The van der Waals surface area contributed by atoms with Crippen molar-refractivity contribution >= 4 is 18.9 Å². The van der Waals surface area contributed by atoms with Gasteiger partial charge in [0, 0.05) is 63.4 Å². The maximum absolute atomic E-state index is 11.2. The van der Waals surface area contributed by atoms with E-state index in [0.29, 0.717) is 46.1 Å². The number of hydrogen-bond acceptors (Lipinski definition) is 8. The third-order valence-electron chi connectivity index (χ3n) is 4.32. The standard InChI is InChI=1S/C19H44N2O6Si2/c1-25-9-4-10-26-16-18(22)14-21(8-7-20-6-3-13-29(2)24)15-19(23)17-27-11-5-12-28/h18-20,22-23H,3-17H2,1-2,28H3. The van der Waals surface area contributed by atoms with E-state index < -0.39 is 20.9 Å². The smallest absolute Gasteiger partial charge is 0.273 e. The molecular formula is C19H44N2O6Si2. The van der Waals surface area contributed by atoms with Crippen molar-refractivity contribution in [1.29, 1.82) is 0 Å². The monoisotopic (exact) mass is 452 g/mol. The lowest BCUT2D eigenvalue weighted by molar-refractivity contribution is -0.0117. The van der Waals surface area contributed by atoms with Crippen molar-refractivity contribution in [2.24, 2.45) is 0 Å². The fraction of sp³-hybridized carbons (Fsp3) is 1.00. The number of ether oxygens (including phenoxy) is 3. The summed E-state index contributed by atoms with van der Waals surface area (Å²) in [5.74, 6) is 0. The zero-order valence-electron chi connectivity index (χ0n) is 18.7. The third-order valence-corrected chi connectivity index (χ3v) is 6.09. The average Bonchev–Trinajstić information content (AvgIpc) is 2.67. The zero-order valence-corrected chi connectivity index (χ0v) is 21.7. The van der Waals surface area contributed by atoms with Gasteiger partial charge in [0.2, 0.25) is 0 Å². The number of aliphatic hydroxyl groups is 2. The molecular weight excluding hydrogens is 408 g/mol. The van der Waals surface area contributed by atoms with E-state index in [2.05, 4.69) is 5.32 Å². The lowest BCUT2D eigenvalue weighted by atomic mass is 10.2. The first-order valence-corrected chi connectivity index (χ1v) is 14.5. The summed E-state index contributed by atoms with van der Waals surface area (Å²) in [6.45, 7) is 7.45. The van der Waals surface area contributed by atoms with Gasteiger partial charge in [0.25, 0.3) is 8.68 Å². The van der Waals surface area contributed by atoms with E-state index in [-0.39, 0.29) is 6.61 Å². The summed E-state index contributed by atoms with van der Waals surface area (Å²) < 4.78 is 27.2. The summed E-state index contributed by atoms with van der Waals surface area (Å²) in [5, 5.41) is 23.9. The lowest BCUT2D eigenvalue weighted by Gasteiger charge is -2.27. The van der Waals surface area contributed by atoms with Gasteiger partial charge in [-0.1, -0.05) is 6.04 Å². The highest BCUT2D eigenvalue weighted by atomic mass is 28.3. The van der Waals surface area contributed by atoms with Crippen LogP contribution in [0.15, 0.2) is 0 Å². The summed E-state index contributed by atoms with van der Waals surface area (Å²) in [4.78, 5) is 2.04. The van der Waals surface area contributed by atoms with E-state index in [1.807, 2.05) is 4.90 Å². The first-order valence-electron chi connectivity index (χ1n) is 10.9. The van der Waals surface area contributed by atoms with Crippen LogP contribution in [-0.2, 0) is 18.7 Å². The Kier molecular flexibility index (Phi) is 21.2. The molecule has 0 aliphatic rings. The molecule has 0 saturated carbocycles. The summed E-state index contributed by atoms with van der Waals surface area (Å²) in [5.41, 5.74) is 0. The number of methoxy groups -OCH3 is 1. The second-order valence-corrected chi connectivity index (χ2v) is 10.4. The van der Waals surface area contributed by atoms with Crippen molar-refractivity contribution in [2.75, 3.05) is 72.9 Å². The van der Waals surface area contributed by atoms with Crippen LogP contribution in [0.2, 0.25) is 18.6 Å². The maximum atomic E-state index is 11.2. The van der Waals surface area contributed by atoms with Gasteiger partial charge in [-0.3, -0.25) is 4.90 Å². The second-order valence-electron chi connectivity index (χ2n) is 7.47. The van der Waals surface area contributed by atoms with E-state index in [0.717, 1.165) is 38.4 Å². The van der Waals surface area contributed by atoms with Gasteiger partial charge in [-0.2, -0.15) is 0 Å². The van der Waals surface area contributed by atoms with Gasteiger partial charge in [-0.15, -0.1) is 0 Å². The molecule has 3 N–H and O–H groups in total. The number of hydrogen-bond donors (Lipinski definition) is 3. The number of aliphatic hydroxyl groups excluding tert-OH is 2. The molecule has 29 heavy (non-hydrogen) atoms. The maximum Gasteiger partial charge on any atom is 0.273 e. The minimum absolute atomic E-state index is 0.269. The van der Waals surface area contributed by atoms with Crippen molar-refractivity contribution in [3.63, 3.8) is 0 Å². The van der Waals surface area contributed by atoms with Crippen LogP contribution >= 0.6 is 0 Å². The molecule has 2 unspecified atom stereocenters. The minimum atomic E-state index is -1.40. The summed E-state index contributed by atoms with van der Waals surface area (Å²) in [7, 11) is 1.44. The molecule has 0 amide bonds. The van der Waals surface area contributed by atoms with E-state index in [1.165, 1.54) is 16.3 Å². The molecule has 0 aromatic heterocycles. The van der Waals surface area contributed by atoms with Gasteiger partial charge in [0.15, 0.2) is 0 Å². The van der Waals surface area contributed by atoms with Gasteiger partial charge >= 0.3 is 0 Å². The molecule has 0 aliphatic carbocycles. The van der Waals surface area contributed by atoms with Crippen LogP contribution in [-0.4, -0.2) is 119 Å². The molecule has 0 aliphatic heterocycles. The van der Waals surface area contributed by atoms with Gasteiger partial charge in [-0.05, 0) is 38.4 Å². The second kappa shape index (κ2) is 21.2. The molecule has 2 atom stereocenters. The SMILES string of the molecule is COCCCOCC(O)CN(CCNCCC[Si](C)=O)CC(O)COCCC[SiH3]. The van der Waals surface area contributed by atoms with Gasteiger partial charge in [0.1, 0.15) is 0 Å². The van der Waals surface area contributed by atoms with Gasteiger partial charge in [0.05, 0.1) is 25.4 Å². The van der Waals surface area contributed by atoms with E-state index >= 15 is 0 Å². The molecule has 0 radical (unpaired) electrons. The Labute approximate surface area is 181 Å². The van der Waals surface area contributed by atoms with Gasteiger partial charge in [-0.25, -0.2) is 0 Å². The number of rotatable bonds is 22. The van der Waals surface area contributed by atoms with Crippen LogP contribution < -0.4 is 5.32 Å². The van der Waals surface area contributed by atoms with Crippen LogP contribution in [0.4, 0.5) is 0 Å². The molecule has 0 aromatic carbocycles. The first kappa shape index (κ1) is 29.0. The van der Waals surface area contributed by atoms with Crippen molar-refractivity contribution in [3.8, 4) is 0 Å². The van der Waals surface area contributed by atoms with Crippen LogP contribution in [0.25, 0.3) is 0 Å². The van der Waals surface area contributed by atoms with Crippen molar-refractivity contribution in [3.05, 3.63) is 0 Å². The van der Waals surface area contributed by atoms with Crippen molar-refractivity contribution < 1.29 is 28.9 Å². The third kappa shape index (κ3) is 21.0. The number of nitrogens with one attached hydrogen (secondary N) is 1. The normalized spacial score (nSPS) is 13.8. The lowest BCUT2D eigenvalue weighted by Crippen LogP contribution is -2.44. The fourth-order valence-corrected chi connectivity index (χ4v) is 3.74. The molecule has 0 spiro atoms. The molecule has 0 aromatic rings. The molecule has 174 valence electrons.